The monoisotopic (exact) mass is 351 g/mol. The summed E-state index contributed by atoms with van der Waals surface area (Å²) in [5, 5.41) is 5.34. The van der Waals surface area contributed by atoms with E-state index in [0.29, 0.717) is 32.2 Å². The molecule has 0 amide bonds. The molecule has 1 aromatic carbocycles. The quantitative estimate of drug-likeness (QED) is 0.836. The Labute approximate surface area is 143 Å². The number of sulfonamides is 1. The van der Waals surface area contributed by atoms with Gasteiger partial charge in [-0.3, -0.25) is 0 Å². The molecule has 7 heteroatoms. The van der Waals surface area contributed by atoms with Crippen LogP contribution in [0.25, 0.3) is 6.08 Å². The first-order valence-corrected chi connectivity index (χ1v) is 9.74. The molecule has 2 aliphatic rings. The first kappa shape index (κ1) is 16.4. The Morgan fingerprint density at radius 2 is 1.78 bits per heavy atom. The third-order valence-electron chi connectivity index (χ3n) is 4.02. The van der Waals surface area contributed by atoms with Gasteiger partial charge in [0.05, 0.1) is 0 Å². The average molecular weight is 351 g/mol. The predicted octanol–water partition coefficient (Wildman–Crippen LogP) is 1.64. The molecule has 0 atom stereocenters. The van der Waals surface area contributed by atoms with Gasteiger partial charge in [-0.2, -0.15) is 4.31 Å². The second kappa shape index (κ2) is 6.98. The highest BCUT2D eigenvalue weighted by molar-refractivity contribution is 7.92. The Bertz CT molecular complexity index is 677. The molecule has 1 aliphatic heterocycles. The van der Waals surface area contributed by atoms with Crippen LogP contribution in [0.1, 0.15) is 18.4 Å². The number of nitrogens with zero attached hydrogens (tertiary/aromatic N) is 2. The minimum Gasteiger partial charge on any atom is -0.360 e. The van der Waals surface area contributed by atoms with Crippen LogP contribution >= 0.6 is 12.2 Å². The molecule has 0 spiro atoms. The molecule has 1 saturated carbocycles. The fourth-order valence-corrected chi connectivity index (χ4v) is 3.98. The van der Waals surface area contributed by atoms with E-state index < -0.39 is 10.0 Å². The highest BCUT2D eigenvalue weighted by atomic mass is 32.2. The summed E-state index contributed by atoms with van der Waals surface area (Å²) >= 11 is 5.37. The maximum Gasteiger partial charge on any atom is 0.236 e. The van der Waals surface area contributed by atoms with Crippen molar-refractivity contribution in [1.29, 1.82) is 0 Å². The first-order valence-electron chi connectivity index (χ1n) is 7.83. The molecule has 0 bridgehead atoms. The molecule has 5 nitrogen and oxygen atoms in total. The molecule has 1 N–H and O–H groups in total. The van der Waals surface area contributed by atoms with Gasteiger partial charge in [-0.1, -0.05) is 30.3 Å². The minimum atomic E-state index is -3.38. The molecule has 124 valence electrons. The molecule has 1 heterocycles. The van der Waals surface area contributed by atoms with E-state index in [-0.39, 0.29) is 0 Å². The van der Waals surface area contributed by atoms with Crippen molar-refractivity contribution in [3.63, 3.8) is 0 Å². The van der Waals surface area contributed by atoms with Gasteiger partial charge in [-0.05, 0) is 36.7 Å². The largest absolute Gasteiger partial charge is 0.360 e. The average Bonchev–Trinajstić information content (AvgIpc) is 3.38. The fraction of sp³-hybridized carbons (Fsp3) is 0.438. The third kappa shape index (κ3) is 4.53. The molecule has 0 radical (unpaired) electrons. The molecule has 1 aromatic rings. The summed E-state index contributed by atoms with van der Waals surface area (Å²) < 4.78 is 26.3. The summed E-state index contributed by atoms with van der Waals surface area (Å²) in [7, 11) is -3.38. The van der Waals surface area contributed by atoms with Gasteiger partial charge >= 0.3 is 0 Å². The SMILES string of the molecule is O=S(=O)(/C=C/c1ccccc1)N1CCN(C(=S)NC2CC2)CC1. The third-order valence-corrected chi connectivity index (χ3v) is 5.96. The second-order valence-electron chi connectivity index (χ2n) is 5.87. The molecular formula is C16H21N3O2S2. The van der Waals surface area contributed by atoms with Crippen molar-refractivity contribution in [3.8, 4) is 0 Å². The zero-order chi connectivity index (χ0) is 16.3. The Kier molecular flexibility index (Phi) is 4.99. The van der Waals surface area contributed by atoms with Crippen LogP contribution in [0.3, 0.4) is 0 Å². The van der Waals surface area contributed by atoms with Crippen molar-refractivity contribution in [2.75, 3.05) is 26.2 Å². The standard InChI is InChI=1S/C16H21N3O2S2/c20-23(21,13-8-14-4-2-1-3-5-14)19-11-9-18(10-12-19)16(22)17-15-6-7-15/h1-5,8,13,15H,6-7,9-12H2,(H,17,22)/b13-8+. The number of thiocarbonyl (C=S) groups is 1. The van der Waals surface area contributed by atoms with Crippen molar-refractivity contribution < 1.29 is 8.42 Å². The molecule has 1 saturated heterocycles. The van der Waals surface area contributed by atoms with Gasteiger partial charge in [0.1, 0.15) is 0 Å². The van der Waals surface area contributed by atoms with Crippen LogP contribution in [0.5, 0.6) is 0 Å². The van der Waals surface area contributed by atoms with Gasteiger partial charge in [0.2, 0.25) is 10.0 Å². The van der Waals surface area contributed by atoms with Crippen molar-refractivity contribution in [2.24, 2.45) is 0 Å². The summed E-state index contributed by atoms with van der Waals surface area (Å²) in [4.78, 5) is 2.06. The second-order valence-corrected chi connectivity index (χ2v) is 8.07. The maximum absolute atomic E-state index is 12.4. The van der Waals surface area contributed by atoms with Gasteiger partial charge in [0.25, 0.3) is 0 Å². The summed E-state index contributed by atoms with van der Waals surface area (Å²) in [5.41, 5.74) is 0.879. The van der Waals surface area contributed by atoms with Crippen LogP contribution in [-0.2, 0) is 10.0 Å². The molecule has 3 rings (SSSR count). The smallest absolute Gasteiger partial charge is 0.236 e. The number of hydrogen-bond acceptors (Lipinski definition) is 3. The van der Waals surface area contributed by atoms with E-state index in [4.69, 9.17) is 12.2 Å². The van der Waals surface area contributed by atoms with E-state index in [1.165, 1.54) is 22.6 Å². The Balaban J connectivity index is 1.55. The van der Waals surface area contributed by atoms with E-state index >= 15 is 0 Å². The van der Waals surface area contributed by atoms with Crippen molar-refractivity contribution in [1.82, 2.24) is 14.5 Å². The number of piperazine rings is 1. The Morgan fingerprint density at radius 3 is 2.39 bits per heavy atom. The number of nitrogens with one attached hydrogen (secondary N) is 1. The van der Waals surface area contributed by atoms with Gasteiger partial charge in [-0.15, -0.1) is 0 Å². The Morgan fingerprint density at radius 1 is 1.13 bits per heavy atom. The Hall–Kier alpha value is -1.44. The molecule has 0 unspecified atom stereocenters. The first-order chi connectivity index (χ1) is 11.0. The van der Waals surface area contributed by atoms with Gasteiger partial charge in [0.15, 0.2) is 5.11 Å². The molecule has 2 fully saturated rings. The van der Waals surface area contributed by atoms with Gasteiger partial charge in [-0.25, -0.2) is 8.42 Å². The lowest BCUT2D eigenvalue weighted by atomic mass is 10.2. The maximum atomic E-state index is 12.4. The van der Waals surface area contributed by atoms with Crippen LogP contribution in [0.15, 0.2) is 35.7 Å². The fourth-order valence-electron chi connectivity index (χ4n) is 2.45. The lowest BCUT2D eigenvalue weighted by molar-refractivity contribution is 0.266. The number of benzene rings is 1. The van der Waals surface area contributed by atoms with E-state index in [1.807, 2.05) is 30.3 Å². The molecule has 1 aliphatic carbocycles. The summed E-state index contributed by atoms with van der Waals surface area (Å²) in [6.45, 7) is 2.20. The van der Waals surface area contributed by atoms with Crippen LogP contribution in [-0.4, -0.2) is 55.0 Å². The van der Waals surface area contributed by atoms with E-state index in [0.717, 1.165) is 10.7 Å². The molecule has 0 aromatic heterocycles. The van der Waals surface area contributed by atoms with Crippen molar-refractivity contribution in [2.45, 2.75) is 18.9 Å². The lowest BCUT2D eigenvalue weighted by Crippen LogP contribution is -2.52. The molecular weight excluding hydrogens is 330 g/mol. The van der Waals surface area contributed by atoms with E-state index in [1.54, 1.807) is 6.08 Å². The molecule has 23 heavy (non-hydrogen) atoms. The highest BCUT2D eigenvalue weighted by Crippen LogP contribution is 2.19. The summed E-state index contributed by atoms with van der Waals surface area (Å²) in [6.07, 6.45) is 4.00. The number of hydrogen-bond donors (Lipinski definition) is 1. The van der Waals surface area contributed by atoms with E-state index in [2.05, 4.69) is 10.2 Å². The zero-order valence-electron chi connectivity index (χ0n) is 12.9. The predicted molar refractivity (Wildman–Crippen MR) is 96.3 cm³/mol. The summed E-state index contributed by atoms with van der Waals surface area (Å²) in [6, 6.07) is 9.97. The van der Waals surface area contributed by atoms with Crippen LogP contribution in [0.2, 0.25) is 0 Å². The minimum absolute atomic E-state index is 0.466. The highest BCUT2D eigenvalue weighted by Gasteiger charge is 2.28. The lowest BCUT2D eigenvalue weighted by Gasteiger charge is -2.35. The van der Waals surface area contributed by atoms with Crippen LogP contribution < -0.4 is 5.32 Å². The normalized spacial score (nSPS) is 19.9. The van der Waals surface area contributed by atoms with Crippen LogP contribution in [0, 0.1) is 0 Å². The zero-order valence-corrected chi connectivity index (χ0v) is 14.5. The van der Waals surface area contributed by atoms with Crippen molar-refractivity contribution in [3.05, 3.63) is 41.3 Å². The van der Waals surface area contributed by atoms with Crippen molar-refractivity contribution >= 4 is 33.4 Å². The summed E-state index contributed by atoms with van der Waals surface area (Å²) in [5.74, 6) is 0. The number of rotatable bonds is 4. The van der Waals surface area contributed by atoms with Gasteiger partial charge < -0.3 is 10.2 Å². The van der Waals surface area contributed by atoms with Gasteiger partial charge in [0, 0.05) is 37.6 Å². The van der Waals surface area contributed by atoms with Crippen LogP contribution in [0.4, 0.5) is 0 Å². The topological polar surface area (TPSA) is 52.7 Å². The van der Waals surface area contributed by atoms with E-state index in [9.17, 15) is 8.42 Å².